The third-order valence-corrected chi connectivity index (χ3v) is 9.02. The highest BCUT2D eigenvalue weighted by Gasteiger charge is 2.34. The first-order valence-corrected chi connectivity index (χ1v) is 16.1. The molecular weight excluding hydrogens is 642 g/mol. The van der Waals surface area contributed by atoms with Gasteiger partial charge in [-0.2, -0.15) is 0 Å². The summed E-state index contributed by atoms with van der Waals surface area (Å²) in [7, 11) is 5.08. The average molecular weight is 680 g/mol. The number of non-ortho nitro benzene ring substituents is 1. The van der Waals surface area contributed by atoms with E-state index in [4.69, 9.17) is 30.5 Å². The summed E-state index contributed by atoms with van der Waals surface area (Å²) in [6.07, 6.45) is 5.02. The van der Waals surface area contributed by atoms with E-state index in [0.29, 0.717) is 65.2 Å². The number of ether oxygens (including phenoxy) is 4. The number of imidazole rings is 1. The first kappa shape index (κ1) is 33.2. The van der Waals surface area contributed by atoms with Gasteiger partial charge in [-0.05, 0) is 43.0 Å². The van der Waals surface area contributed by atoms with Crippen molar-refractivity contribution in [2.24, 2.45) is 0 Å². The Morgan fingerprint density at radius 3 is 2.75 bits per heavy atom. The van der Waals surface area contributed by atoms with Crippen LogP contribution in [0.1, 0.15) is 30.4 Å². The zero-order chi connectivity index (χ0) is 33.8. The summed E-state index contributed by atoms with van der Waals surface area (Å²) < 4.78 is 24.0. The normalized spacial score (nSPS) is 17.8. The zero-order valence-corrected chi connectivity index (χ0v) is 27.8. The van der Waals surface area contributed by atoms with Crippen LogP contribution in [-0.4, -0.2) is 85.2 Å². The van der Waals surface area contributed by atoms with Crippen molar-refractivity contribution in [3.63, 3.8) is 0 Å². The second-order valence-electron chi connectivity index (χ2n) is 11.8. The zero-order valence-electron chi connectivity index (χ0n) is 27.1. The summed E-state index contributed by atoms with van der Waals surface area (Å²) in [6.45, 7) is 3.30. The lowest BCUT2D eigenvalue weighted by Crippen LogP contribution is -2.52. The van der Waals surface area contributed by atoms with Crippen LogP contribution in [0.4, 0.5) is 21.9 Å². The minimum absolute atomic E-state index is 0.0162. The number of rotatable bonds is 11. The maximum Gasteiger partial charge on any atom is 0.328 e. The molecule has 1 saturated carbocycles. The van der Waals surface area contributed by atoms with Crippen molar-refractivity contribution in [1.82, 2.24) is 19.9 Å². The maximum absolute atomic E-state index is 13.5. The molecule has 1 amide bonds. The van der Waals surface area contributed by atoms with Crippen LogP contribution in [0.15, 0.2) is 48.9 Å². The molecule has 1 N–H and O–H groups in total. The van der Waals surface area contributed by atoms with E-state index in [0.717, 1.165) is 37.1 Å². The molecule has 2 atom stereocenters. The highest BCUT2D eigenvalue weighted by atomic mass is 35.5. The lowest BCUT2D eigenvalue weighted by Gasteiger charge is -2.36. The van der Waals surface area contributed by atoms with Gasteiger partial charge in [0.15, 0.2) is 5.65 Å². The van der Waals surface area contributed by atoms with Crippen LogP contribution in [0.2, 0.25) is 5.02 Å². The molecule has 0 radical (unpaired) electrons. The second kappa shape index (κ2) is 14.6. The molecule has 2 fully saturated rings. The second-order valence-corrected chi connectivity index (χ2v) is 12.2. The molecule has 48 heavy (non-hydrogen) atoms. The quantitative estimate of drug-likeness (QED) is 0.165. The van der Waals surface area contributed by atoms with Crippen molar-refractivity contribution in [2.45, 2.75) is 44.6 Å². The number of amides is 1. The van der Waals surface area contributed by atoms with Crippen LogP contribution >= 0.6 is 11.6 Å². The van der Waals surface area contributed by atoms with Gasteiger partial charge in [-0.15, -0.1) is 0 Å². The molecule has 3 heterocycles. The van der Waals surface area contributed by atoms with Gasteiger partial charge in [0.2, 0.25) is 0 Å². The fourth-order valence-electron chi connectivity index (χ4n) is 6.05. The van der Waals surface area contributed by atoms with E-state index in [1.165, 1.54) is 23.2 Å². The van der Waals surface area contributed by atoms with Crippen LogP contribution in [0.3, 0.4) is 0 Å². The average Bonchev–Trinajstić information content (AvgIpc) is 3.31. The third-order valence-electron chi connectivity index (χ3n) is 8.74. The lowest BCUT2D eigenvalue weighted by atomic mass is 9.89. The Bertz CT molecular complexity index is 1790. The SMILES string of the molecule is COc1ccc(CN(C)c2c(Cl)cnc3c2ncn3C(=O)N[C@@H]2CC[C@H]2OCc2cc(N3CCCOCC3)cc([N+](=O)[O-])c2)c(OC)c1. The summed E-state index contributed by atoms with van der Waals surface area (Å²) in [5, 5.41) is 15.1. The summed E-state index contributed by atoms with van der Waals surface area (Å²) in [6, 6.07) is 10.0. The molecule has 2 aliphatic rings. The Morgan fingerprint density at radius 2 is 2.00 bits per heavy atom. The number of nitrogens with one attached hydrogen (secondary N) is 1. The van der Waals surface area contributed by atoms with Gasteiger partial charge in [-0.1, -0.05) is 11.6 Å². The van der Waals surface area contributed by atoms with E-state index >= 15 is 0 Å². The Hall–Kier alpha value is -4.66. The first-order valence-electron chi connectivity index (χ1n) is 15.7. The number of hydrogen-bond acceptors (Lipinski definition) is 11. The number of carbonyl (C=O) groups excluding carboxylic acids is 1. The minimum atomic E-state index is -0.392. The smallest absolute Gasteiger partial charge is 0.328 e. The number of methoxy groups -OCH3 is 2. The van der Waals surface area contributed by atoms with Gasteiger partial charge in [0, 0.05) is 62.7 Å². The van der Waals surface area contributed by atoms with Crippen LogP contribution in [0, 0.1) is 10.1 Å². The van der Waals surface area contributed by atoms with Crippen LogP contribution in [0.25, 0.3) is 11.2 Å². The topological polar surface area (TPSA) is 146 Å². The fourth-order valence-corrected chi connectivity index (χ4v) is 6.33. The van der Waals surface area contributed by atoms with Crippen LogP contribution in [-0.2, 0) is 22.6 Å². The molecule has 1 aliphatic carbocycles. The van der Waals surface area contributed by atoms with E-state index in [-0.39, 0.29) is 29.4 Å². The lowest BCUT2D eigenvalue weighted by molar-refractivity contribution is -0.384. The van der Waals surface area contributed by atoms with Crippen molar-refractivity contribution in [2.75, 3.05) is 57.4 Å². The molecule has 254 valence electrons. The number of benzene rings is 2. The number of anilines is 2. The molecule has 1 aliphatic heterocycles. The molecule has 15 heteroatoms. The molecule has 14 nitrogen and oxygen atoms in total. The van der Waals surface area contributed by atoms with E-state index in [1.54, 1.807) is 20.3 Å². The number of hydrogen-bond donors (Lipinski definition) is 1. The van der Waals surface area contributed by atoms with Gasteiger partial charge in [-0.25, -0.2) is 19.3 Å². The van der Waals surface area contributed by atoms with Crippen molar-refractivity contribution in [3.05, 3.63) is 75.2 Å². The van der Waals surface area contributed by atoms with Crippen molar-refractivity contribution in [1.29, 1.82) is 0 Å². The van der Waals surface area contributed by atoms with Gasteiger partial charge in [0.25, 0.3) is 5.69 Å². The molecule has 1 saturated heterocycles. The van der Waals surface area contributed by atoms with Gasteiger partial charge in [-0.3, -0.25) is 10.1 Å². The maximum atomic E-state index is 13.5. The molecule has 2 aromatic heterocycles. The van der Waals surface area contributed by atoms with E-state index < -0.39 is 6.03 Å². The standard InChI is InChI=1S/C33H38ClN7O7/c1-38(18-22-5-6-25(45-2)16-29(22)46-3)31-26(34)17-35-32-30(31)36-20-40(32)33(42)37-27-7-8-28(27)48-19-21-13-23(15-24(14-21)41(43)44)39-9-4-11-47-12-10-39/h5-6,13-17,20,27-28H,4,7-12,18-19H2,1-3H3,(H,37,42)/t27-,28-/m1/s1. The third kappa shape index (κ3) is 7.10. The van der Waals surface area contributed by atoms with E-state index in [1.807, 2.05) is 36.2 Å². The summed E-state index contributed by atoms with van der Waals surface area (Å²) in [5.41, 5.74) is 3.87. The number of fused-ring (bicyclic) bond motifs is 1. The number of nitrogens with zero attached hydrogens (tertiary/aromatic N) is 6. The summed E-state index contributed by atoms with van der Waals surface area (Å²) >= 11 is 6.62. The molecule has 0 spiro atoms. The number of pyridine rings is 1. The Balaban J connectivity index is 1.13. The Morgan fingerprint density at radius 1 is 1.15 bits per heavy atom. The molecule has 6 rings (SSSR count). The fraction of sp³-hybridized carbons (Fsp3) is 0.424. The summed E-state index contributed by atoms with van der Waals surface area (Å²) in [5.74, 6) is 1.35. The molecular formula is C33H38ClN7O7. The van der Waals surface area contributed by atoms with Gasteiger partial charge in [0.05, 0.1) is 61.4 Å². The number of aromatic nitrogens is 3. The Kier molecular flexibility index (Phi) is 10.1. The molecule has 0 bridgehead atoms. The highest BCUT2D eigenvalue weighted by molar-refractivity contribution is 6.34. The van der Waals surface area contributed by atoms with Crippen molar-refractivity contribution in [3.8, 4) is 11.5 Å². The van der Waals surface area contributed by atoms with Crippen molar-refractivity contribution < 1.29 is 28.7 Å². The molecule has 4 aromatic rings. The highest BCUT2D eigenvalue weighted by Crippen LogP contribution is 2.35. The predicted molar refractivity (Wildman–Crippen MR) is 180 cm³/mol. The molecule has 2 aromatic carbocycles. The van der Waals surface area contributed by atoms with Crippen molar-refractivity contribution >= 4 is 45.9 Å². The number of nitro benzene ring substituents is 1. The largest absolute Gasteiger partial charge is 0.497 e. The van der Waals surface area contributed by atoms with E-state index in [2.05, 4.69) is 20.2 Å². The number of halogens is 1. The molecule has 0 unspecified atom stereocenters. The number of carbonyl (C=O) groups is 1. The van der Waals surface area contributed by atoms with E-state index in [9.17, 15) is 14.9 Å². The Labute approximate surface area is 282 Å². The summed E-state index contributed by atoms with van der Waals surface area (Å²) in [4.78, 5) is 37.8. The van der Waals surface area contributed by atoms with Gasteiger partial charge >= 0.3 is 6.03 Å². The monoisotopic (exact) mass is 679 g/mol. The van der Waals surface area contributed by atoms with Gasteiger partial charge < -0.3 is 34.1 Å². The minimum Gasteiger partial charge on any atom is -0.497 e. The first-order chi connectivity index (χ1) is 23.2. The van der Waals surface area contributed by atoms with Crippen LogP contribution < -0.4 is 24.6 Å². The number of nitro groups is 1. The predicted octanol–water partition coefficient (Wildman–Crippen LogP) is 5.18. The van der Waals surface area contributed by atoms with Gasteiger partial charge in [0.1, 0.15) is 23.3 Å². The van der Waals surface area contributed by atoms with Crippen LogP contribution in [0.5, 0.6) is 11.5 Å².